The van der Waals surface area contributed by atoms with Crippen LogP contribution in [0.3, 0.4) is 0 Å². The number of hydrogen-bond donors (Lipinski definition) is 0. The molecule has 0 aliphatic carbocycles. The highest BCUT2D eigenvalue weighted by molar-refractivity contribution is 4.84. The highest BCUT2D eigenvalue weighted by atomic mass is 15.2. The van der Waals surface area contributed by atoms with Gasteiger partial charge in [0.05, 0.1) is 11.6 Å². The normalized spacial score (nSPS) is 12.8. The molecule has 0 aliphatic heterocycles. The molecule has 2 nitrogen and oxygen atoms in total. The van der Waals surface area contributed by atoms with Crippen LogP contribution in [-0.2, 0) is 0 Å². The maximum absolute atomic E-state index is 4.20. The number of hydrogen-bond acceptors (Lipinski definition) is 2. The molecule has 0 aromatic carbocycles. The van der Waals surface area contributed by atoms with Crippen LogP contribution in [0, 0.1) is 0 Å². The molecule has 0 bridgehead atoms. The maximum atomic E-state index is 4.20. The summed E-state index contributed by atoms with van der Waals surface area (Å²) in [7, 11) is 0. The molecular weight excluding hydrogens is 136 g/mol. The van der Waals surface area contributed by atoms with Gasteiger partial charge in [-0.15, -0.1) is 6.58 Å². The van der Waals surface area contributed by atoms with Gasteiger partial charge in [0.1, 0.15) is 0 Å². The standard InChI is InChI=1S/C9H18N2/c1-6-7-9(4,5)11-10-8(2)3/h6,8H,1,7H2,2-5H3. The molecule has 0 aromatic rings. The summed E-state index contributed by atoms with van der Waals surface area (Å²) in [5.74, 6) is 0. The van der Waals surface area contributed by atoms with Gasteiger partial charge in [-0.2, -0.15) is 10.2 Å². The Morgan fingerprint density at radius 3 is 2.36 bits per heavy atom. The second kappa shape index (κ2) is 4.27. The Labute approximate surface area is 69.4 Å². The summed E-state index contributed by atoms with van der Waals surface area (Å²) in [6.45, 7) is 11.8. The van der Waals surface area contributed by atoms with E-state index < -0.39 is 0 Å². The SMILES string of the molecule is C=CCC(C)(C)N=NC(C)C. The molecule has 2 heteroatoms. The third-order valence-corrected chi connectivity index (χ3v) is 1.20. The van der Waals surface area contributed by atoms with Crippen molar-refractivity contribution in [3.05, 3.63) is 12.7 Å². The van der Waals surface area contributed by atoms with E-state index in [-0.39, 0.29) is 5.54 Å². The highest BCUT2D eigenvalue weighted by Crippen LogP contribution is 2.15. The first-order valence-corrected chi connectivity index (χ1v) is 4.01. The average molecular weight is 154 g/mol. The summed E-state index contributed by atoms with van der Waals surface area (Å²) in [6.07, 6.45) is 2.75. The summed E-state index contributed by atoms with van der Waals surface area (Å²) in [5.41, 5.74) is -0.0774. The van der Waals surface area contributed by atoms with Gasteiger partial charge < -0.3 is 0 Å². The van der Waals surface area contributed by atoms with Crippen LogP contribution in [0.4, 0.5) is 0 Å². The molecule has 0 rings (SSSR count). The zero-order valence-electron chi connectivity index (χ0n) is 7.96. The quantitative estimate of drug-likeness (QED) is 0.439. The highest BCUT2D eigenvalue weighted by Gasteiger charge is 2.13. The second-order valence-corrected chi connectivity index (χ2v) is 3.61. The summed E-state index contributed by atoms with van der Waals surface area (Å²) < 4.78 is 0. The van der Waals surface area contributed by atoms with Crippen molar-refractivity contribution in [3.8, 4) is 0 Å². The van der Waals surface area contributed by atoms with E-state index in [1.165, 1.54) is 0 Å². The molecule has 0 saturated carbocycles. The second-order valence-electron chi connectivity index (χ2n) is 3.61. The van der Waals surface area contributed by atoms with Crippen LogP contribution in [0.1, 0.15) is 34.1 Å². The molecule has 0 unspecified atom stereocenters. The van der Waals surface area contributed by atoms with Crippen LogP contribution in [-0.4, -0.2) is 11.6 Å². The number of nitrogens with zero attached hydrogens (tertiary/aromatic N) is 2. The lowest BCUT2D eigenvalue weighted by Gasteiger charge is -2.15. The molecule has 0 N–H and O–H groups in total. The molecule has 0 radical (unpaired) electrons. The van der Waals surface area contributed by atoms with Crippen molar-refractivity contribution in [1.82, 2.24) is 0 Å². The van der Waals surface area contributed by atoms with Crippen molar-refractivity contribution in [2.24, 2.45) is 10.2 Å². The molecule has 0 aromatic heterocycles. The van der Waals surface area contributed by atoms with Crippen molar-refractivity contribution in [3.63, 3.8) is 0 Å². The summed E-state index contributed by atoms with van der Waals surface area (Å²) >= 11 is 0. The van der Waals surface area contributed by atoms with E-state index >= 15 is 0 Å². The summed E-state index contributed by atoms with van der Waals surface area (Å²) in [4.78, 5) is 0. The summed E-state index contributed by atoms with van der Waals surface area (Å²) in [6, 6.07) is 0.291. The van der Waals surface area contributed by atoms with E-state index in [0.717, 1.165) is 6.42 Å². The van der Waals surface area contributed by atoms with Crippen molar-refractivity contribution in [2.45, 2.75) is 45.7 Å². The van der Waals surface area contributed by atoms with E-state index in [1.54, 1.807) is 0 Å². The average Bonchev–Trinajstić information content (AvgIpc) is 1.84. The molecule has 0 saturated heterocycles. The van der Waals surface area contributed by atoms with Gasteiger partial charge in [0.2, 0.25) is 0 Å². The Balaban J connectivity index is 3.99. The molecule has 0 fully saturated rings. The van der Waals surface area contributed by atoms with Crippen molar-refractivity contribution in [2.75, 3.05) is 0 Å². The van der Waals surface area contributed by atoms with E-state index in [2.05, 4.69) is 30.7 Å². The minimum absolute atomic E-state index is 0.0774. The van der Waals surface area contributed by atoms with Gasteiger partial charge in [-0.05, 0) is 34.1 Å². The fourth-order valence-electron chi connectivity index (χ4n) is 0.666. The van der Waals surface area contributed by atoms with Gasteiger partial charge in [0.25, 0.3) is 0 Å². The van der Waals surface area contributed by atoms with Gasteiger partial charge >= 0.3 is 0 Å². The Morgan fingerprint density at radius 2 is 2.00 bits per heavy atom. The van der Waals surface area contributed by atoms with Gasteiger partial charge in [-0.25, -0.2) is 0 Å². The molecule has 0 atom stereocenters. The fourth-order valence-corrected chi connectivity index (χ4v) is 0.666. The van der Waals surface area contributed by atoms with Crippen LogP contribution < -0.4 is 0 Å². The zero-order chi connectivity index (χ0) is 8.91. The lowest BCUT2D eigenvalue weighted by molar-refractivity contribution is 0.483. The van der Waals surface area contributed by atoms with Crippen LogP contribution in [0.5, 0.6) is 0 Å². The number of azo groups is 1. The van der Waals surface area contributed by atoms with Crippen molar-refractivity contribution < 1.29 is 0 Å². The third kappa shape index (κ3) is 5.77. The molecule has 0 spiro atoms. The minimum atomic E-state index is -0.0774. The molecule has 0 aliphatic rings. The lowest BCUT2D eigenvalue weighted by atomic mass is 10.0. The van der Waals surface area contributed by atoms with Gasteiger partial charge in [0.15, 0.2) is 0 Å². The van der Waals surface area contributed by atoms with Crippen molar-refractivity contribution in [1.29, 1.82) is 0 Å². The fraction of sp³-hybridized carbons (Fsp3) is 0.778. The van der Waals surface area contributed by atoms with Crippen LogP contribution in [0.2, 0.25) is 0 Å². The molecule has 11 heavy (non-hydrogen) atoms. The Hall–Kier alpha value is -0.660. The Bertz CT molecular complexity index is 146. The van der Waals surface area contributed by atoms with Crippen LogP contribution >= 0.6 is 0 Å². The van der Waals surface area contributed by atoms with E-state index in [0.29, 0.717) is 6.04 Å². The van der Waals surface area contributed by atoms with E-state index in [9.17, 15) is 0 Å². The Kier molecular flexibility index (Phi) is 4.01. The van der Waals surface area contributed by atoms with Crippen LogP contribution in [0.15, 0.2) is 22.9 Å². The molecule has 0 heterocycles. The van der Waals surface area contributed by atoms with Gasteiger partial charge in [-0.3, -0.25) is 0 Å². The first-order valence-electron chi connectivity index (χ1n) is 4.01. The van der Waals surface area contributed by atoms with Crippen LogP contribution in [0.25, 0.3) is 0 Å². The topological polar surface area (TPSA) is 24.7 Å². The Morgan fingerprint density at radius 1 is 1.45 bits per heavy atom. The first kappa shape index (κ1) is 10.3. The minimum Gasteiger partial charge on any atom is -0.191 e. The predicted octanol–water partition coefficient (Wildman–Crippen LogP) is 3.20. The van der Waals surface area contributed by atoms with E-state index in [4.69, 9.17) is 0 Å². The molecule has 0 amide bonds. The van der Waals surface area contributed by atoms with E-state index in [1.807, 2.05) is 19.9 Å². The third-order valence-electron chi connectivity index (χ3n) is 1.20. The van der Waals surface area contributed by atoms with Crippen molar-refractivity contribution >= 4 is 0 Å². The van der Waals surface area contributed by atoms with Gasteiger partial charge in [-0.1, -0.05) is 6.08 Å². The maximum Gasteiger partial charge on any atom is 0.0794 e. The predicted molar refractivity (Wildman–Crippen MR) is 48.9 cm³/mol. The monoisotopic (exact) mass is 154 g/mol. The molecular formula is C9H18N2. The largest absolute Gasteiger partial charge is 0.191 e. The summed E-state index contributed by atoms with van der Waals surface area (Å²) in [5, 5.41) is 8.29. The lowest BCUT2D eigenvalue weighted by Crippen LogP contribution is -2.14. The first-order chi connectivity index (χ1) is 4.98. The smallest absolute Gasteiger partial charge is 0.0794 e. The zero-order valence-corrected chi connectivity index (χ0v) is 7.96. The van der Waals surface area contributed by atoms with Gasteiger partial charge in [0, 0.05) is 0 Å². The number of rotatable bonds is 4. The molecule has 64 valence electrons.